The predicted octanol–water partition coefficient (Wildman–Crippen LogP) is 2.27. The maximum Gasteiger partial charge on any atom is 0.119 e. The zero-order valence-electron chi connectivity index (χ0n) is 10.9. The topological polar surface area (TPSA) is 82.8 Å². The Morgan fingerprint density at radius 3 is 2.33 bits per heavy atom. The summed E-state index contributed by atoms with van der Waals surface area (Å²) in [5.41, 5.74) is 16.9. The van der Waals surface area contributed by atoms with Gasteiger partial charge in [-0.1, -0.05) is 13.8 Å². The molecule has 1 aromatic heterocycles. The minimum Gasteiger partial charge on any atom is -0.397 e. The summed E-state index contributed by atoms with van der Waals surface area (Å²) in [5, 5.41) is 8.90. The minimum absolute atomic E-state index is 0.247. The molecule has 4 N–H and O–H groups in total. The number of nitrogens with two attached hydrogens (primary N) is 2. The van der Waals surface area contributed by atoms with Gasteiger partial charge in [0.25, 0.3) is 0 Å². The summed E-state index contributed by atoms with van der Waals surface area (Å²) < 4.78 is 0. The van der Waals surface area contributed by atoms with Crippen LogP contribution in [0.5, 0.6) is 0 Å². The van der Waals surface area contributed by atoms with Crippen molar-refractivity contribution in [2.75, 3.05) is 17.3 Å². The van der Waals surface area contributed by atoms with Crippen LogP contribution >= 0.6 is 11.6 Å². The van der Waals surface area contributed by atoms with Gasteiger partial charge in [-0.2, -0.15) is 15.0 Å². The van der Waals surface area contributed by atoms with Crippen molar-refractivity contribution in [1.82, 2.24) is 15.0 Å². The van der Waals surface area contributed by atoms with Crippen LogP contribution in [-0.4, -0.2) is 20.9 Å². The van der Waals surface area contributed by atoms with Crippen molar-refractivity contribution in [3.63, 3.8) is 0 Å². The summed E-state index contributed by atoms with van der Waals surface area (Å²) >= 11 is 5.72. The van der Waals surface area contributed by atoms with E-state index in [2.05, 4.69) is 24.0 Å². The molecule has 6 heteroatoms. The summed E-state index contributed by atoms with van der Waals surface area (Å²) in [6.45, 7) is 6.63. The fourth-order valence-electron chi connectivity index (χ4n) is 2.14. The number of fused-ring (bicyclic) bond motifs is 1. The number of nitrogens with zero attached hydrogens (tertiary/aromatic N) is 3. The first-order chi connectivity index (χ1) is 8.47. The number of rotatable bonds is 3. The number of nitrogen functional groups attached to an aromatic ring is 2. The van der Waals surface area contributed by atoms with Gasteiger partial charge < -0.3 is 11.5 Å². The second-order valence-corrected chi connectivity index (χ2v) is 5.08. The number of anilines is 2. The summed E-state index contributed by atoms with van der Waals surface area (Å²) in [6.07, 6.45) is 0. The quantitative estimate of drug-likeness (QED) is 0.660. The van der Waals surface area contributed by atoms with E-state index in [0.29, 0.717) is 23.8 Å². The highest BCUT2D eigenvalue weighted by Crippen LogP contribution is 2.36. The molecule has 2 aromatic rings. The Balaban J connectivity index is 2.80. The maximum atomic E-state index is 6.11. The number of hydrogen-bond donors (Lipinski definition) is 2. The van der Waals surface area contributed by atoms with Gasteiger partial charge in [-0.3, -0.25) is 0 Å². The van der Waals surface area contributed by atoms with Crippen molar-refractivity contribution in [3.8, 4) is 0 Å². The van der Waals surface area contributed by atoms with Crippen molar-refractivity contribution in [2.45, 2.75) is 33.2 Å². The molecule has 0 aliphatic heterocycles. The van der Waals surface area contributed by atoms with Gasteiger partial charge in [0.05, 0.1) is 17.9 Å². The third-order valence-electron chi connectivity index (χ3n) is 3.11. The van der Waals surface area contributed by atoms with E-state index in [9.17, 15) is 0 Å². The largest absolute Gasteiger partial charge is 0.397 e. The van der Waals surface area contributed by atoms with Crippen molar-refractivity contribution in [3.05, 3.63) is 11.1 Å². The molecule has 0 spiro atoms. The molecule has 0 unspecified atom stereocenters. The fraction of sp³-hybridized carbons (Fsp3) is 0.500. The Bertz CT molecular complexity index is 588. The van der Waals surface area contributed by atoms with E-state index in [1.807, 2.05) is 6.92 Å². The first kappa shape index (κ1) is 13.0. The fourth-order valence-corrected chi connectivity index (χ4v) is 2.30. The van der Waals surface area contributed by atoms with Crippen LogP contribution in [0.4, 0.5) is 11.4 Å². The Morgan fingerprint density at radius 2 is 1.78 bits per heavy atom. The highest BCUT2D eigenvalue weighted by atomic mass is 35.5. The highest BCUT2D eigenvalue weighted by Gasteiger charge is 2.19. The predicted molar refractivity (Wildman–Crippen MR) is 75.9 cm³/mol. The lowest BCUT2D eigenvalue weighted by Crippen LogP contribution is -2.05. The van der Waals surface area contributed by atoms with E-state index in [4.69, 9.17) is 23.1 Å². The molecule has 0 fully saturated rings. The van der Waals surface area contributed by atoms with Crippen molar-refractivity contribution < 1.29 is 0 Å². The molecule has 0 aliphatic rings. The van der Waals surface area contributed by atoms with E-state index in [-0.39, 0.29) is 5.92 Å². The van der Waals surface area contributed by atoms with Crippen LogP contribution < -0.4 is 11.5 Å². The molecular formula is C12H18ClN5. The van der Waals surface area contributed by atoms with E-state index in [1.54, 1.807) is 4.80 Å². The molecule has 5 nitrogen and oxygen atoms in total. The number of aromatic nitrogens is 3. The molecule has 2 rings (SSSR count). The molecule has 0 amide bonds. The third kappa shape index (κ3) is 1.88. The molecule has 0 saturated heterocycles. The van der Waals surface area contributed by atoms with Gasteiger partial charge in [0, 0.05) is 17.0 Å². The second-order valence-electron chi connectivity index (χ2n) is 4.70. The van der Waals surface area contributed by atoms with Crippen molar-refractivity contribution >= 4 is 34.0 Å². The summed E-state index contributed by atoms with van der Waals surface area (Å²) in [6, 6.07) is 0. The molecule has 0 bridgehead atoms. The van der Waals surface area contributed by atoms with Gasteiger partial charge in [0.1, 0.15) is 11.0 Å². The minimum atomic E-state index is 0.247. The zero-order chi connectivity index (χ0) is 13.4. The van der Waals surface area contributed by atoms with Crippen molar-refractivity contribution in [2.24, 2.45) is 0 Å². The molecule has 0 atom stereocenters. The number of halogens is 1. The summed E-state index contributed by atoms with van der Waals surface area (Å²) in [5.74, 6) is 0.721. The number of hydrogen-bond acceptors (Lipinski definition) is 4. The average molecular weight is 268 g/mol. The smallest absolute Gasteiger partial charge is 0.119 e. The van der Waals surface area contributed by atoms with Gasteiger partial charge in [0.2, 0.25) is 0 Å². The molecule has 0 saturated carbocycles. The Kier molecular flexibility index (Phi) is 3.34. The summed E-state index contributed by atoms with van der Waals surface area (Å²) in [4.78, 5) is 1.61. The highest BCUT2D eigenvalue weighted by molar-refractivity contribution is 6.17. The second kappa shape index (κ2) is 4.65. The number of alkyl halides is 1. The standard InChI is InChI=1S/C12H18ClN5/c1-6(2)8-10(15)9(14)7(3)11-12(8)17-18(16-11)5-4-13/h6H,4-5,14-15H2,1-3H3. The van der Waals surface area contributed by atoms with Crippen LogP contribution in [0.15, 0.2) is 0 Å². The monoisotopic (exact) mass is 267 g/mol. The van der Waals surface area contributed by atoms with E-state index in [1.165, 1.54) is 0 Å². The zero-order valence-corrected chi connectivity index (χ0v) is 11.6. The van der Waals surface area contributed by atoms with E-state index >= 15 is 0 Å². The van der Waals surface area contributed by atoms with Gasteiger partial charge in [-0.25, -0.2) is 0 Å². The van der Waals surface area contributed by atoms with E-state index < -0.39 is 0 Å². The number of aryl methyl sites for hydroxylation is 2. The third-order valence-corrected chi connectivity index (χ3v) is 3.28. The van der Waals surface area contributed by atoms with Gasteiger partial charge in [0.15, 0.2) is 0 Å². The van der Waals surface area contributed by atoms with E-state index in [0.717, 1.165) is 22.2 Å². The molecule has 0 radical (unpaired) electrons. The van der Waals surface area contributed by atoms with Crippen LogP contribution in [0.2, 0.25) is 0 Å². The molecule has 1 aromatic carbocycles. The average Bonchev–Trinajstić information content (AvgIpc) is 2.70. The van der Waals surface area contributed by atoms with Crippen LogP contribution in [0.1, 0.15) is 30.9 Å². The lowest BCUT2D eigenvalue weighted by atomic mass is 9.96. The lowest BCUT2D eigenvalue weighted by Gasteiger charge is -2.13. The van der Waals surface area contributed by atoms with Crippen LogP contribution in [-0.2, 0) is 6.54 Å². The molecule has 1 heterocycles. The van der Waals surface area contributed by atoms with Crippen LogP contribution in [0.25, 0.3) is 11.0 Å². The van der Waals surface area contributed by atoms with Crippen LogP contribution in [0.3, 0.4) is 0 Å². The number of benzene rings is 1. The Labute approximate surface area is 111 Å². The molecule has 18 heavy (non-hydrogen) atoms. The lowest BCUT2D eigenvalue weighted by molar-refractivity contribution is 0.581. The van der Waals surface area contributed by atoms with Gasteiger partial charge in [-0.05, 0) is 12.8 Å². The molecule has 98 valence electrons. The molecule has 0 aliphatic carbocycles. The van der Waals surface area contributed by atoms with Gasteiger partial charge in [-0.15, -0.1) is 11.6 Å². The van der Waals surface area contributed by atoms with Crippen LogP contribution in [0, 0.1) is 6.92 Å². The Morgan fingerprint density at radius 1 is 1.17 bits per heavy atom. The first-order valence-corrected chi connectivity index (χ1v) is 6.49. The molecular weight excluding hydrogens is 250 g/mol. The SMILES string of the molecule is Cc1c(N)c(N)c(C(C)C)c2nn(CCCl)nc12. The maximum absolute atomic E-state index is 6.11. The van der Waals surface area contributed by atoms with Gasteiger partial charge >= 0.3 is 0 Å². The Hall–Kier alpha value is -1.49. The first-order valence-electron chi connectivity index (χ1n) is 5.95. The van der Waals surface area contributed by atoms with Crippen molar-refractivity contribution in [1.29, 1.82) is 0 Å². The summed E-state index contributed by atoms with van der Waals surface area (Å²) in [7, 11) is 0. The normalized spacial score (nSPS) is 11.6.